The molecule has 31 heavy (non-hydrogen) atoms. The zero-order valence-electron chi connectivity index (χ0n) is 17.6. The van der Waals surface area contributed by atoms with Crippen LogP contribution < -0.4 is 10.6 Å². The molecule has 0 unspecified atom stereocenters. The summed E-state index contributed by atoms with van der Waals surface area (Å²) < 4.78 is 5.40. The van der Waals surface area contributed by atoms with Crippen LogP contribution in [0.4, 0.5) is 17.2 Å². The molecular formula is C25H28N4O2. The minimum Gasteiger partial charge on any atom is -0.379 e. The lowest BCUT2D eigenvalue weighted by Crippen LogP contribution is -2.36. The summed E-state index contributed by atoms with van der Waals surface area (Å²) in [4.78, 5) is 19.4. The van der Waals surface area contributed by atoms with E-state index >= 15 is 0 Å². The van der Waals surface area contributed by atoms with Crippen molar-refractivity contribution in [3.63, 3.8) is 0 Å². The number of nitrogens with zero attached hydrogens (tertiary/aromatic N) is 2. The summed E-state index contributed by atoms with van der Waals surface area (Å²) in [5.41, 5.74) is 3.51. The van der Waals surface area contributed by atoms with Crippen LogP contribution in [0.25, 0.3) is 0 Å². The molecule has 2 N–H and O–H groups in total. The van der Waals surface area contributed by atoms with E-state index in [0.717, 1.165) is 51.4 Å². The summed E-state index contributed by atoms with van der Waals surface area (Å²) in [6.45, 7) is 4.89. The van der Waals surface area contributed by atoms with Gasteiger partial charge in [-0.2, -0.15) is 0 Å². The van der Waals surface area contributed by atoms with E-state index in [9.17, 15) is 4.79 Å². The maximum absolute atomic E-state index is 12.5. The van der Waals surface area contributed by atoms with Crippen molar-refractivity contribution in [2.75, 3.05) is 43.5 Å². The SMILES string of the molecule is O=C(Nc1cccnc1Nc1ccc(CCCN2CCOCC2)cc1)c1ccccc1. The Labute approximate surface area is 183 Å². The maximum atomic E-state index is 12.5. The fraction of sp³-hybridized carbons (Fsp3) is 0.280. The second-order valence-electron chi connectivity index (χ2n) is 7.60. The van der Waals surface area contributed by atoms with Gasteiger partial charge in [-0.05, 0) is 61.3 Å². The number of carbonyl (C=O) groups excluding carboxylic acids is 1. The fourth-order valence-electron chi connectivity index (χ4n) is 3.61. The first-order chi connectivity index (χ1) is 15.3. The van der Waals surface area contributed by atoms with Crippen LogP contribution >= 0.6 is 0 Å². The summed E-state index contributed by atoms with van der Waals surface area (Å²) in [7, 11) is 0. The predicted molar refractivity (Wildman–Crippen MR) is 124 cm³/mol. The summed E-state index contributed by atoms with van der Waals surface area (Å²) in [6.07, 6.45) is 3.91. The first kappa shape index (κ1) is 21.0. The van der Waals surface area contributed by atoms with E-state index in [2.05, 4.69) is 44.8 Å². The Bertz CT molecular complexity index is 970. The number of ether oxygens (including phenoxy) is 1. The molecule has 0 aliphatic carbocycles. The lowest BCUT2D eigenvalue weighted by Gasteiger charge is -2.26. The average molecular weight is 417 g/mol. The number of hydrogen-bond acceptors (Lipinski definition) is 5. The molecule has 0 bridgehead atoms. The Morgan fingerprint density at radius 2 is 1.74 bits per heavy atom. The number of aryl methyl sites for hydroxylation is 1. The second kappa shape index (κ2) is 10.7. The normalized spacial score (nSPS) is 14.2. The Kier molecular flexibility index (Phi) is 7.26. The number of carbonyl (C=O) groups is 1. The first-order valence-electron chi connectivity index (χ1n) is 10.8. The van der Waals surface area contributed by atoms with E-state index in [1.54, 1.807) is 18.3 Å². The highest BCUT2D eigenvalue weighted by Gasteiger charge is 2.11. The van der Waals surface area contributed by atoms with E-state index < -0.39 is 0 Å². The fourth-order valence-corrected chi connectivity index (χ4v) is 3.61. The Balaban J connectivity index is 1.33. The van der Waals surface area contributed by atoms with E-state index in [4.69, 9.17) is 4.74 Å². The molecule has 2 heterocycles. The van der Waals surface area contributed by atoms with E-state index in [-0.39, 0.29) is 5.91 Å². The molecule has 1 aliphatic rings. The number of hydrogen-bond donors (Lipinski definition) is 2. The molecule has 2 aromatic carbocycles. The van der Waals surface area contributed by atoms with Crippen LogP contribution in [0.15, 0.2) is 72.9 Å². The van der Waals surface area contributed by atoms with E-state index in [1.165, 1.54) is 5.56 Å². The van der Waals surface area contributed by atoms with E-state index in [1.807, 2.05) is 30.3 Å². The van der Waals surface area contributed by atoms with Gasteiger partial charge in [-0.15, -0.1) is 0 Å². The maximum Gasteiger partial charge on any atom is 0.255 e. The number of aromatic nitrogens is 1. The summed E-state index contributed by atoms with van der Waals surface area (Å²) >= 11 is 0. The minimum absolute atomic E-state index is 0.160. The highest BCUT2D eigenvalue weighted by atomic mass is 16.5. The van der Waals surface area contributed by atoms with Gasteiger partial charge < -0.3 is 15.4 Å². The molecule has 0 saturated carbocycles. The molecule has 160 valence electrons. The van der Waals surface area contributed by atoms with Gasteiger partial charge in [0.05, 0.1) is 18.9 Å². The number of rotatable bonds is 8. The van der Waals surface area contributed by atoms with Gasteiger partial charge in [0.2, 0.25) is 0 Å². The van der Waals surface area contributed by atoms with Crippen molar-refractivity contribution in [3.05, 3.63) is 84.1 Å². The van der Waals surface area contributed by atoms with Crippen LogP contribution in [-0.2, 0) is 11.2 Å². The van der Waals surface area contributed by atoms with Gasteiger partial charge in [-0.3, -0.25) is 9.69 Å². The van der Waals surface area contributed by atoms with Gasteiger partial charge in [0, 0.05) is 30.5 Å². The zero-order valence-corrected chi connectivity index (χ0v) is 17.6. The largest absolute Gasteiger partial charge is 0.379 e. The third-order valence-electron chi connectivity index (χ3n) is 5.35. The van der Waals surface area contributed by atoms with Crippen molar-refractivity contribution in [3.8, 4) is 0 Å². The molecule has 0 radical (unpaired) electrons. The van der Waals surface area contributed by atoms with Crippen LogP contribution in [0.1, 0.15) is 22.3 Å². The number of anilines is 3. The molecule has 1 aliphatic heterocycles. The quantitative estimate of drug-likeness (QED) is 0.572. The molecular weight excluding hydrogens is 388 g/mol. The number of amides is 1. The van der Waals surface area contributed by atoms with Crippen molar-refractivity contribution in [1.29, 1.82) is 0 Å². The number of pyridine rings is 1. The van der Waals surface area contributed by atoms with Crippen LogP contribution in [0, 0.1) is 0 Å². The van der Waals surface area contributed by atoms with Crippen LogP contribution in [0.3, 0.4) is 0 Å². The lowest BCUT2D eigenvalue weighted by atomic mass is 10.1. The van der Waals surface area contributed by atoms with Gasteiger partial charge in [-0.25, -0.2) is 4.98 Å². The molecule has 0 atom stereocenters. The summed E-state index contributed by atoms with van der Waals surface area (Å²) in [5, 5.41) is 6.26. The monoisotopic (exact) mass is 416 g/mol. The van der Waals surface area contributed by atoms with Gasteiger partial charge >= 0.3 is 0 Å². The molecule has 3 aromatic rings. The molecule has 0 spiro atoms. The van der Waals surface area contributed by atoms with E-state index in [0.29, 0.717) is 17.1 Å². The molecule has 6 heteroatoms. The van der Waals surface area contributed by atoms with Crippen molar-refractivity contribution < 1.29 is 9.53 Å². The third-order valence-corrected chi connectivity index (χ3v) is 5.35. The van der Waals surface area contributed by atoms with Crippen molar-refractivity contribution in [2.45, 2.75) is 12.8 Å². The van der Waals surface area contributed by atoms with Crippen LogP contribution in [0.5, 0.6) is 0 Å². The second-order valence-corrected chi connectivity index (χ2v) is 7.60. The lowest BCUT2D eigenvalue weighted by molar-refractivity contribution is 0.0374. The number of morpholine rings is 1. The van der Waals surface area contributed by atoms with Gasteiger partial charge in [-0.1, -0.05) is 30.3 Å². The number of nitrogens with one attached hydrogen (secondary N) is 2. The third kappa shape index (κ3) is 6.13. The molecule has 1 amide bonds. The summed E-state index contributed by atoms with van der Waals surface area (Å²) in [5.74, 6) is 0.458. The van der Waals surface area contributed by atoms with Gasteiger partial charge in [0.25, 0.3) is 5.91 Å². The topological polar surface area (TPSA) is 66.5 Å². The molecule has 1 aromatic heterocycles. The van der Waals surface area contributed by atoms with Crippen LogP contribution in [0.2, 0.25) is 0 Å². The first-order valence-corrected chi connectivity index (χ1v) is 10.8. The van der Waals surface area contributed by atoms with Crippen molar-refractivity contribution in [1.82, 2.24) is 9.88 Å². The highest BCUT2D eigenvalue weighted by molar-refractivity contribution is 6.05. The smallest absolute Gasteiger partial charge is 0.255 e. The average Bonchev–Trinajstić information content (AvgIpc) is 2.83. The molecule has 1 saturated heterocycles. The Morgan fingerprint density at radius 1 is 0.968 bits per heavy atom. The standard InChI is InChI=1S/C25H28N4O2/c30-25(21-7-2-1-3-8-21)28-23-9-4-14-26-24(23)27-22-12-10-20(11-13-22)6-5-15-29-16-18-31-19-17-29/h1-4,7-14H,5-6,15-19H2,(H,26,27)(H,28,30). The number of benzene rings is 2. The van der Waals surface area contributed by atoms with Gasteiger partial charge in [0.1, 0.15) is 0 Å². The van der Waals surface area contributed by atoms with Crippen LogP contribution in [-0.4, -0.2) is 48.6 Å². The predicted octanol–water partition coefficient (Wildman–Crippen LogP) is 4.34. The Hall–Kier alpha value is -3.22. The molecule has 4 rings (SSSR count). The van der Waals surface area contributed by atoms with Crippen molar-refractivity contribution >= 4 is 23.1 Å². The van der Waals surface area contributed by atoms with Gasteiger partial charge in [0.15, 0.2) is 5.82 Å². The highest BCUT2D eigenvalue weighted by Crippen LogP contribution is 2.24. The zero-order chi connectivity index (χ0) is 21.3. The molecule has 1 fully saturated rings. The minimum atomic E-state index is -0.160. The molecule has 6 nitrogen and oxygen atoms in total. The Morgan fingerprint density at radius 3 is 2.52 bits per heavy atom. The van der Waals surface area contributed by atoms with Crippen molar-refractivity contribution in [2.24, 2.45) is 0 Å². The summed E-state index contributed by atoms with van der Waals surface area (Å²) in [6, 6.07) is 21.2.